The van der Waals surface area contributed by atoms with Gasteiger partial charge in [-0.1, -0.05) is 0 Å². The average Bonchev–Trinajstić information content (AvgIpc) is 1.87. The molecule has 0 bridgehead atoms. The molecule has 2 unspecified atom stereocenters. The average molecular weight is 140 g/mol. The number of rotatable bonds is 4. The third-order valence-electron chi connectivity index (χ3n) is 0.893. The first-order chi connectivity index (χ1) is 4.22. The Labute approximate surface area is 52.4 Å². The van der Waals surface area contributed by atoms with E-state index in [1.807, 2.05) is 0 Å². The van der Waals surface area contributed by atoms with Crippen LogP contribution in [0.15, 0.2) is 0 Å². The molecule has 0 radical (unpaired) electrons. The minimum atomic E-state index is -1.81. The van der Waals surface area contributed by atoms with Crippen LogP contribution in [0.3, 0.4) is 0 Å². The first kappa shape index (κ1) is 8.78. The van der Waals surface area contributed by atoms with E-state index in [2.05, 4.69) is 4.74 Å². The van der Waals surface area contributed by atoms with Gasteiger partial charge < -0.3 is 9.84 Å². The minimum absolute atomic E-state index is 0.304. The van der Waals surface area contributed by atoms with Crippen LogP contribution in [0, 0.1) is 0 Å². The van der Waals surface area contributed by atoms with E-state index in [0.717, 1.165) is 0 Å². The van der Waals surface area contributed by atoms with Gasteiger partial charge in [-0.15, -0.1) is 0 Å². The zero-order chi connectivity index (χ0) is 7.28. The van der Waals surface area contributed by atoms with Gasteiger partial charge in [-0.2, -0.15) is 0 Å². The zero-order valence-corrected chi connectivity index (χ0v) is 5.18. The lowest BCUT2D eigenvalue weighted by Crippen LogP contribution is -2.25. The highest BCUT2D eigenvalue weighted by molar-refractivity contribution is 4.65. The quantitative estimate of drug-likeness (QED) is 0.608. The highest BCUT2D eigenvalue weighted by Crippen LogP contribution is 2.02. The lowest BCUT2D eigenvalue weighted by Gasteiger charge is -2.08. The molecular formula is C5H10F2O2. The number of halogens is 2. The Balaban J connectivity index is 3.32. The minimum Gasteiger partial charge on any atom is -0.393 e. The number of ether oxygens (including phenoxy) is 1. The molecule has 0 aromatic rings. The number of alkyl halides is 2. The summed E-state index contributed by atoms with van der Waals surface area (Å²) in [5.74, 6) is 0. The molecule has 0 saturated heterocycles. The van der Waals surface area contributed by atoms with Crippen molar-refractivity contribution in [1.82, 2.24) is 0 Å². The van der Waals surface area contributed by atoms with E-state index in [9.17, 15) is 8.78 Å². The van der Waals surface area contributed by atoms with Crippen LogP contribution in [0.25, 0.3) is 0 Å². The van der Waals surface area contributed by atoms with Gasteiger partial charge in [0.15, 0.2) is 12.3 Å². The highest BCUT2D eigenvalue weighted by Gasteiger charge is 2.18. The van der Waals surface area contributed by atoms with Gasteiger partial charge in [-0.3, -0.25) is 0 Å². The van der Waals surface area contributed by atoms with Crippen LogP contribution in [0.5, 0.6) is 0 Å². The van der Waals surface area contributed by atoms with Crippen molar-refractivity contribution in [1.29, 1.82) is 0 Å². The van der Waals surface area contributed by atoms with Crippen molar-refractivity contribution in [2.24, 2.45) is 0 Å². The summed E-state index contributed by atoms with van der Waals surface area (Å²) in [5.41, 5.74) is 0. The molecule has 56 valence electrons. The van der Waals surface area contributed by atoms with Crippen molar-refractivity contribution in [2.45, 2.75) is 12.3 Å². The smallest absolute Gasteiger partial charge is 0.157 e. The van der Waals surface area contributed by atoms with E-state index < -0.39 is 19.0 Å². The number of hydrogen-bond donors (Lipinski definition) is 1. The summed E-state index contributed by atoms with van der Waals surface area (Å²) in [6, 6.07) is 0. The van der Waals surface area contributed by atoms with Gasteiger partial charge in [0.1, 0.15) is 0 Å². The lowest BCUT2D eigenvalue weighted by molar-refractivity contribution is 0.0408. The lowest BCUT2D eigenvalue weighted by atomic mass is 10.3. The van der Waals surface area contributed by atoms with Crippen LogP contribution in [-0.2, 0) is 4.74 Å². The Morgan fingerprint density at radius 3 is 2.33 bits per heavy atom. The summed E-state index contributed by atoms with van der Waals surface area (Å²) < 4.78 is 28.4. The number of methoxy groups -OCH3 is 1. The van der Waals surface area contributed by atoms with E-state index >= 15 is 0 Å². The van der Waals surface area contributed by atoms with Gasteiger partial charge >= 0.3 is 0 Å². The number of hydrogen-bond acceptors (Lipinski definition) is 2. The Kier molecular flexibility index (Phi) is 4.53. The Hall–Kier alpha value is -0.220. The molecule has 0 aliphatic carbocycles. The third kappa shape index (κ3) is 3.37. The summed E-state index contributed by atoms with van der Waals surface area (Å²) in [6.07, 6.45) is -3.52. The molecule has 0 aromatic heterocycles. The first-order valence-electron chi connectivity index (χ1n) is 2.60. The molecule has 0 fully saturated rings. The predicted octanol–water partition coefficient (Wildman–Crippen LogP) is 0.301. The van der Waals surface area contributed by atoms with Crippen LogP contribution in [-0.4, -0.2) is 37.8 Å². The van der Waals surface area contributed by atoms with Crippen LogP contribution in [0.2, 0.25) is 0 Å². The van der Waals surface area contributed by atoms with Crippen LogP contribution in [0.1, 0.15) is 0 Å². The van der Waals surface area contributed by atoms with Gasteiger partial charge in [0.25, 0.3) is 0 Å². The van der Waals surface area contributed by atoms with Crippen molar-refractivity contribution in [3.05, 3.63) is 0 Å². The van der Waals surface area contributed by atoms with Gasteiger partial charge in [-0.05, 0) is 0 Å². The molecule has 0 aliphatic heterocycles. The zero-order valence-electron chi connectivity index (χ0n) is 5.18. The number of aliphatic hydroxyl groups excluding tert-OH is 1. The standard InChI is InChI=1S/C5H10F2O2/c1-9-3-5(7)4(6)2-8/h4-5,8H,2-3H2,1H3. The SMILES string of the molecule is COCC(F)C(F)CO. The normalized spacial score (nSPS) is 17.3. The van der Waals surface area contributed by atoms with E-state index in [1.165, 1.54) is 7.11 Å². The maximum absolute atomic E-state index is 12.1. The molecule has 0 spiro atoms. The van der Waals surface area contributed by atoms with Crippen molar-refractivity contribution in [3.8, 4) is 0 Å². The number of aliphatic hydroxyl groups is 1. The molecule has 1 N–H and O–H groups in total. The molecule has 4 heteroatoms. The third-order valence-corrected chi connectivity index (χ3v) is 0.893. The van der Waals surface area contributed by atoms with Crippen LogP contribution >= 0.6 is 0 Å². The van der Waals surface area contributed by atoms with Crippen molar-refractivity contribution in [3.63, 3.8) is 0 Å². The van der Waals surface area contributed by atoms with Crippen molar-refractivity contribution < 1.29 is 18.6 Å². The van der Waals surface area contributed by atoms with Crippen molar-refractivity contribution >= 4 is 0 Å². The summed E-state index contributed by atoms with van der Waals surface area (Å²) in [5, 5.41) is 8.06. The van der Waals surface area contributed by atoms with Crippen molar-refractivity contribution in [2.75, 3.05) is 20.3 Å². The van der Waals surface area contributed by atoms with E-state index in [1.54, 1.807) is 0 Å². The Morgan fingerprint density at radius 1 is 1.44 bits per heavy atom. The summed E-state index contributed by atoms with van der Waals surface area (Å²) >= 11 is 0. The Morgan fingerprint density at radius 2 is 2.00 bits per heavy atom. The highest BCUT2D eigenvalue weighted by atomic mass is 19.2. The fourth-order valence-electron chi connectivity index (χ4n) is 0.378. The maximum Gasteiger partial charge on any atom is 0.157 e. The van der Waals surface area contributed by atoms with E-state index in [4.69, 9.17) is 5.11 Å². The van der Waals surface area contributed by atoms with Gasteiger partial charge in [0.2, 0.25) is 0 Å². The molecule has 2 atom stereocenters. The molecule has 0 amide bonds. The topological polar surface area (TPSA) is 29.5 Å². The van der Waals surface area contributed by atoms with E-state index in [-0.39, 0.29) is 6.61 Å². The fourth-order valence-corrected chi connectivity index (χ4v) is 0.378. The summed E-state index contributed by atoms with van der Waals surface area (Å²) in [4.78, 5) is 0. The largest absolute Gasteiger partial charge is 0.393 e. The molecule has 9 heavy (non-hydrogen) atoms. The molecular weight excluding hydrogens is 130 g/mol. The second kappa shape index (κ2) is 4.64. The molecule has 0 heterocycles. The molecule has 0 aliphatic rings. The van der Waals surface area contributed by atoms with Gasteiger partial charge in [0, 0.05) is 7.11 Å². The maximum atomic E-state index is 12.1. The molecule has 0 saturated carbocycles. The van der Waals surface area contributed by atoms with E-state index in [0.29, 0.717) is 0 Å². The van der Waals surface area contributed by atoms with Gasteiger partial charge in [0.05, 0.1) is 13.2 Å². The molecule has 0 rings (SSSR count). The monoisotopic (exact) mass is 140 g/mol. The fraction of sp³-hybridized carbons (Fsp3) is 1.00. The second-order valence-corrected chi connectivity index (χ2v) is 1.67. The van der Waals surface area contributed by atoms with Gasteiger partial charge in [-0.25, -0.2) is 8.78 Å². The predicted molar refractivity (Wildman–Crippen MR) is 28.8 cm³/mol. The Bertz CT molecular complexity index is 70.0. The van der Waals surface area contributed by atoms with Crippen LogP contribution < -0.4 is 0 Å². The molecule has 0 aromatic carbocycles. The molecule has 2 nitrogen and oxygen atoms in total. The van der Waals surface area contributed by atoms with Crippen LogP contribution in [0.4, 0.5) is 8.78 Å². The second-order valence-electron chi connectivity index (χ2n) is 1.67. The summed E-state index contributed by atoms with van der Waals surface area (Å²) in [6.45, 7) is -1.09. The first-order valence-corrected chi connectivity index (χ1v) is 2.60. The summed E-state index contributed by atoms with van der Waals surface area (Å²) in [7, 11) is 1.27.